The molecule has 0 bridgehead atoms. The molecule has 1 amide bonds. The number of amides is 1. The minimum absolute atomic E-state index is 0.0689. The molecule has 4 aromatic rings. The summed E-state index contributed by atoms with van der Waals surface area (Å²) in [7, 11) is 5.14. The van der Waals surface area contributed by atoms with Crippen molar-refractivity contribution < 1.29 is 18.7 Å². The highest BCUT2D eigenvalue weighted by Crippen LogP contribution is 2.42. The predicted octanol–water partition coefficient (Wildman–Crippen LogP) is 6.00. The van der Waals surface area contributed by atoms with Crippen molar-refractivity contribution in [2.45, 2.75) is 32.7 Å². The van der Waals surface area contributed by atoms with Crippen LogP contribution >= 0.6 is 11.3 Å². The lowest BCUT2D eigenvalue weighted by Crippen LogP contribution is -2.41. The summed E-state index contributed by atoms with van der Waals surface area (Å²) in [4.78, 5) is 18.6. The first-order valence-electron chi connectivity index (χ1n) is 11.7. The van der Waals surface area contributed by atoms with Crippen LogP contribution in [0.3, 0.4) is 0 Å². The Morgan fingerprint density at radius 1 is 1.09 bits per heavy atom. The lowest BCUT2D eigenvalue weighted by atomic mass is 9.88. The summed E-state index contributed by atoms with van der Waals surface area (Å²) in [5, 5.41) is 0.645. The molecule has 0 N–H and O–H groups in total. The Bertz CT molecular complexity index is 1440. The van der Waals surface area contributed by atoms with Crippen LogP contribution < -0.4 is 9.47 Å². The van der Waals surface area contributed by atoms with Crippen LogP contribution in [0.1, 0.15) is 42.8 Å². The number of ether oxygens (including phenoxy) is 2. The number of thiophene rings is 1. The fraction of sp³-hybridized carbons (Fsp3) is 0.321. The molecule has 3 heterocycles. The van der Waals surface area contributed by atoms with E-state index >= 15 is 0 Å². The van der Waals surface area contributed by atoms with Crippen LogP contribution in [0.15, 0.2) is 42.6 Å². The molecule has 7 heteroatoms. The van der Waals surface area contributed by atoms with Crippen molar-refractivity contribution in [2.24, 2.45) is 7.05 Å². The Morgan fingerprint density at radius 2 is 1.86 bits per heavy atom. The smallest absolute Gasteiger partial charge is 0.256 e. The lowest BCUT2D eigenvalue weighted by Gasteiger charge is -2.37. The van der Waals surface area contributed by atoms with E-state index < -0.39 is 0 Å². The van der Waals surface area contributed by atoms with Gasteiger partial charge in [0.05, 0.1) is 25.8 Å². The molecule has 2 aromatic carbocycles. The SMILES string of the molecule is COc1ccc(CC2c3c(C)sc(C)c3CCN2C(=O)c2cn(C)c3ccc(F)cc23)cc1OC. The van der Waals surface area contributed by atoms with Crippen molar-refractivity contribution in [3.63, 3.8) is 0 Å². The van der Waals surface area contributed by atoms with Crippen molar-refractivity contribution >= 4 is 28.1 Å². The van der Waals surface area contributed by atoms with Gasteiger partial charge < -0.3 is 18.9 Å². The highest BCUT2D eigenvalue weighted by molar-refractivity contribution is 7.12. The van der Waals surface area contributed by atoms with E-state index in [-0.39, 0.29) is 17.8 Å². The maximum Gasteiger partial charge on any atom is 0.256 e. The highest BCUT2D eigenvalue weighted by atomic mass is 32.1. The molecular formula is C28H29FN2O3S. The Morgan fingerprint density at radius 3 is 2.60 bits per heavy atom. The van der Waals surface area contributed by atoms with E-state index in [4.69, 9.17) is 9.47 Å². The zero-order valence-electron chi connectivity index (χ0n) is 20.6. The third-order valence-corrected chi connectivity index (χ3v) is 8.15. The Kier molecular flexibility index (Phi) is 6.05. The fourth-order valence-corrected chi connectivity index (χ4v) is 6.58. The van der Waals surface area contributed by atoms with Crippen LogP contribution in [0.25, 0.3) is 10.9 Å². The number of aryl methyl sites for hydroxylation is 3. The fourth-order valence-electron chi connectivity index (χ4n) is 5.41. The number of benzene rings is 2. The van der Waals surface area contributed by atoms with Crippen molar-refractivity contribution in [2.75, 3.05) is 20.8 Å². The zero-order valence-corrected chi connectivity index (χ0v) is 21.5. The lowest BCUT2D eigenvalue weighted by molar-refractivity contribution is 0.0662. The second-order valence-electron chi connectivity index (χ2n) is 9.08. The van der Waals surface area contributed by atoms with E-state index in [1.807, 2.05) is 40.9 Å². The normalized spacial score (nSPS) is 15.4. The number of methoxy groups -OCH3 is 2. The van der Waals surface area contributed by atoms with Gasteiger partial charge in [-0.05, 0) is 73.7 Å². The minimum Gasteiger partial charge on any atom is -0.493 e. The second-order valence-corrected chi connectivity index (χ2v) is 10.5. The van der Waals surface area contributed by atoms with Crippen molar-refractivity contribution in [1.82, 2.24) is 9.47 Å². The summed E-state index contributed by atoms with van der Waals surface area (Å²) in [6.45, 7) is 4.92. The molecule has 5 rings (SSSR count). The van der Waals surface area contributed by atoms with Crippen LogP contribution in [0.5, 0.6) is 11.5 Å². The van der Waals surface area contributed by atoms with E-state index in [0.717, 1.165) is 17.5 Å². The summed E-state index contributed by atoms with van der Waals surface area (Å²) >= 11 is 1.79. The standard InChI is InChI=1S/C28H29FN2O3S/c1-16-20-10-11-31(28(32)22-15-30(3)23-8-7-19(29)14-21(22)23)24(27(20)17(2)35-16)12-18-6-9-25(33-4)26(13-18)34-5/h6-9,13-15,24H,10-12H2,1-5H3. The summed E-state index contributed by atoms with van der Waals surface area (Å²) in [5.41, 5.74) is 5.03. The monoisotopic (exact) mass is 492 g/mol. The van der Waals surface area contributed by atoms with Gasteiger partial charge in [0.25, 0.3) is 5.91 Å². The Labute approximate surface area is 208 Å². The molecule has 0 aliphatic carbocycles. The molecule has 0 spiro atoms. The predicted molar refractivity (Wildman–Crippen MR) is 137 cm³/mol. The second kappa shape index (κ2) is 9.04. The minimum atomic E-state index is -0.343. The molecule has 182 valence electrons. The van der Waals surface area contributed by atoms with E-state index in [1.165, 1.54) is 33.0 Å². The number of hydrogen-bond acceptors (Lipinski definition) is 4. The van der Waals surface area contributed by atoms with Crippen molar-refractivity contribution in [3.8, 4) is 11.5 Å². The van der Waals surface area contributed by atoms with E-state index in [1.54, 1.807) is 31.6 Å². The number of fused-ring (bicyclic) bond motifs is 2. The van der Waals surface area contributed by atoms with Crippen LogP contribution in [0, 0.1) is 19.7 Å². The van der Waals surface area contributed by atoms with Crippen molar-refractivity contribution in [3.05, 3.63) is 80.4 Å². The van der Waals surface area contributed by atoms with E-state index in [0.29, 0.717) is 35.4 Å². The third kappa shape index (κ3) is 3.97. The molecule has 0 saturated carbocycles. The van der Waals surface area contributed by atoms with Gasteiger partial charge in [-0.3, -0.25) is 4.79 Å². The zero-order chi connectivity index (χ0) is 24.9. The van der Waals surface area contributed by atoms with E-state index in [9.17, 15) is 9.18 Å². The Hall–Kier alpha value is -3.32. The summed E-state index contributed by atoms with van der Waals surface area (Å²) in [6.07, 6.45) is 3.29. The number of aromatic nitrogens is 1. The first kappa shape index (κ1) is 23.4. The van der Waals surface area contributed by atoms with Crippen LogP contribution in [-0.4, -0.2) is 36.1 Å². The van der Waals surface area contributed by atoms with Gasteiger partial charge in [-0.25, -0.2) is 4.39 Å². The molecule has 0 saturated heterocycles. The number of hydrogen-bond donors (Lipinski definition) is 0. The topological polar surface area (TPSA) is 43.7 Å². The number of nitrogens with zero attached hydrogens (tertiary/aromatic N) is 2. The molecule has 35 heavy (non-hydrogen) atoms. The molecule has 0 fully saturated rings. The van der Waals surface area contributed by atoms with Gasteiger partial charge in [-0.15, -0.1) is 11.3 Å². The Balaban J connectivity index is 1.59. The summed E-state index contributed by atoms with van der Waals surface area (Å²) in [6, 6.07) is 10.4. The largest absolute Gasteiger partial charge is 0.493 e. The van der Waals surface area contributed by atoms with Crippen LogP contribution in [0.4, 0.5) is 4.39 Å². The number of halogens is 1. The van der Waals surface area contributed by atoms with Gasteiger partial charge in [0.2, 0.25) is 0 Å². The molecule has 2 aromatic heterocycles. The summed E-state index contributed by atoms with van der Waals surface area (Å²) in [5.74, 6) is 0.931. The highest BCUT2D eigenvalue weighted by Gasteiger charge is 2.35. The molecule has 5 nitrogen and oxygen atoms in total. The molecular weight excluding hydrogens is 463 g/mol. The molecule has 1 unspecified atom stereocenters. The molecule has 1 aliphatic rings. The number of rotatable bonds is 5. The number of carbonyl (C=O) groups is 1. The van der Waals surface area contributed by atoms with Crippen molar-refractivity contribution in [1.29, 1.82) is 0 Å². The first-order chi connectivity index (χ1) is 16.8. The first-order valence-corrected chi connectivity index (χ1v) is 12.5. The maximum absolute atomic E-state index is 14.1. The molecule has 0 radical (unpaired) electrons. The molecule has 1 aliphatic heterocycles. The van der Waals surface area contributed by atoms with Gasteiger partial charge in [-0.1, -0.05) is 6.07 Å². The number of carbonyl (C=O) groups excluding carboxylic acids is 1. The van der Waals surface area contributed by atoms with Gasteiger partial charge in [-0.2, -0.15) is 0 Å². The van der Waals surface area contributed by atoms with Crippen LogP contribution in [0.2, 0.25) is 0 Å². The van der Waals surface area contributed by atoms with Gasteiger partial charge in [0.1, 0.15) is 5.82 Å². The van der Waals surface area contributed by atoms with Gasteiger partial charge in [0.15, 0.2) is 11.5 Å². The van der Waals surface area contributed by atoms with Gasteiger partial charge >= 0.3 is 0 Å². The van der Waals surface area contributed by atoms with E-state index in [2.05, 4.69) is 13.8 Å². The third-order valence-electron chi connectivity index (χ3n) is 7.07. The average molecular weight is 493 g/mol. The quantitative estimate of drug-likeness (QED) is 0.343. The summed E-state index contributed by atoms with van der Waals surface area (Å²) < 4.78 is 27.0. The molecule has 1 atom stereocenters. The van der Waals surface area contributed by atoms with Gasteiger partial charge in [0, 0.05) is 40.4 Å². The van der Waals surface area contributed by atoms with Crippen LogP contribution in [-0.2, 0) is 19.9 Å². The average Bonchev–Trinajstić information content (AvgIpc) is 3.33. The maximum atomic E-state index is 14.1.